The van der Waals surface area contributed by atoms with Crippen LogP contribution in [-0.4, -0.2) is 77.1 Å². The van der Waals surface area contributed by atoms with Crippen LogP contribution >= 0.6 is 0 Å². The van der Waals surface area contributed by atoms with Gasteiger partial charge in [0, 0.05) is 19.6 Å². The average Bonchev–Trinajstić information content (AvgIpc) is 3.10. The molecule has 140 valence electrons. The van der Waals surface area contributed by atoms with E-state index >= 15 is 0 Å². The largest absolute Gasteiger partial charge is 0.486 e. The molecular weight excluding hydrogens is 334 g/mol. The fraction of sp³-hybridized carbons (Fsp3) is 0.500. The van der Waals surface area contributed by atoms with Gasteiger partial charge in [0.25, 0.3) is 5.91 Å². The molecule has 1 aromatic carbocycles. The fourth-order valence-electron chi connectivity index (χ4n) is 2.73. The lowest BCUT2D eigenvalue weighted by molar-refractivity contribution is 0.0743. The van der Waals surface area contributed by atoms with Crippen molar-refractivity contribution >= 4 is 5.91 Å². The molecule has 1 atom stereocenters. The summed E-state index contributed by atoms with van der Waals surface area (Å²) in [5.41, 5.74) is 0.350. The molecule has 8 nitrogen and oxygen atoms in total. The molecule has 2 aromatic rings. The number of nitrogens with zero attached hydrogens (tertiary/aromatic N) is 5. The summed E-state index contributed by atoms with van der Waals surface area (Å²) >= 11 is 0. The van der Waals surface area contributed by atoms with Crippen LogP contribution in [0.4, 0.5) is 0 Å². The van der Waals surface area contributed by atoms with Gasteiger partial charge in [0.1, 0.15) is 6.61 Å². The smallest absolute Gasteiger partial charge is 0.276 e. The second-order valence-electron chi connectivity index (χ2n) is 6.51. The first-order valence-corrected chi connectivity index (χ1v) is 8.79. The monoisotopic (exact) mass is 359 g/mol. The quantitative estimate of drug-likeness (QED) is 0.738. The highest BCUT2D eigenvalue weighted by molar-refractivity contribution is 5.91. The Kier molecular flexibility index (Phi) is 5.72. The second kappa shape index (κ2) is 8.18. The van der Waals surface area contributed by atoms with Crippen LogP contribution in [0.1, 0.15) is 17.4 Å². The third-order valence-corrected chi connectivity index (χ3v) is 4.20. The van der Waals surface area contributed by atoms with E-state index in [-0.39, 0.29) is 12.0 Å². The zero-order valence-electron chi connectivity index (χ0n) is 15.5. The van der Waals surface area contributed by atoms with E-state index in [4.69, 9.17) is 9.47 Å². The van der Waals surface area contributed by atoms with Gasteiger partial charge in [0.2, 0.25) is 0 Å². The topological polar surface area (TPSA) is 72.7 Å². The molecule has 0 unspecified atom stereocenters. The van der Waals surface area contributed by atoms with E-state index in [9.17, 15) is 4.79 Å². The van der Waals surface area contributed by atoms with Gasteiger partial charge in [-0.2, -0.15) is 0 Å². The van der Waals surface area contributed by atoms with Crippen molar-refractivity contribution in [3.63, 3.8) is 0 Å². The third kappa shape index (κ3) is 4.32. The van der Waals surface area contributed by atoms with Crippen LogP contribution in [0.15, 0.2) is 30.5 Å². The molecule has 0 bridgehead atoms. The van der Waals surface area contributed by atoms with Crippen molar-refractivity contribution in [1.29, 1.82) is 0 Å². The Morgan fingerprint density at radius 3 is 2.77 bits per heavy atom. The van der Waals surface area contributed by atoms with Crippen molar-refractivity contribution in [3.8, 4) is 11.5 Å². The summed E-state index contributed by atoms with van der Waals surface area (Å²) in [4.78, 5) is 16.4. The number of carbonyl (C=O) groups is 1. The molecule has 1 aliphatic rings. The number of hydrogen-bond donors (Lipinski definition) is 0. The first-order chi connectivity index (χ1) is 12.6. The van der Waals surface area contributed by atoms with Gasteiger partial charge in [0.05, 0.1) is 12.7 Å². The Bertz CT molecular complexity index is 746. The van der Waals surface area contributed by atoms with Gasteiger partial charge in [-0.25, -0.2) is 4.68 Å². The maximum atomic E-state index is 12.6. The van der Waals surface area contributed by atoms with Crippen LogP contribution in [0.3, 0.4) is 0 Å². The number of fused-ring (bicyclic) bond motifs is 1. The predicted molar refractivity (Wildman–Crippen MR) is 96.5 cm³/mol. The molecule has 0 saturated heterocycles. The van der Waals surface area contributed by atoms with Crippen molar-refractivity contribution in [2.24, 2.45) is 0 Å². The maximum Gasteiger partial charge on any atom is 0.276 e. The lowest BCUT2D eigenvalue weighted by Gasteiger charge is -2.26. The second-order valence-corrected chi connectivity index (χ2v) is 6.51. The van der Waals surface area contributed by atoms with E-state index in [1.165, 1.54) is 0 Å². The van der Waals surface area contributed by atoms with Crippen LogP contribution in [0.25, 0.3) is 0 Å². The first-order valence-electron chi connectivity index (χ1n) is 8.79. The molecule has 0 saturated carbocycles. The maximum absolute atomic E-state index is 12.6. The van der Waals surface area contributed by atoms with Gasteiger partial charge < -0.3 is 19.3 Å². The van der Waals surface area contributed by atoms with Crippen LogP contribution in [0.2, 0.25) is 0 Å². The molecule has 26 heavy (non-hydrogen) atoms. The van der Waals surface area contributed by atoms with E-state index in [0.717, 1.165) is 18.0 Å². The summed E-state index contributed by atoms with van der Waals surface area (Å²) in [7, 11) is 3.97. The Morgan fingerprint density at radius 1 is 1.27 bits per heavy atom. The van der Waals surface area contributed by atoms with E-state index in [0.29, 0.717) is 31.9 Å². The fourth-order valence-corrected chi connectivity index (χ4v) is 2.73. The molecule has 2 heterocycles. The molecule has 0 spiro atoms. The summed E-state index contributed by atoms with van der Waals surface area (Å²) in [6.07, 6.45) is 1.50. The summed E-state index contributed by atoms with van der Waals surface area (Å²) < 4.78 is 13.3. The average molecular weight is 359 g/mol. The van der Waals surface area contributed by atoms with Crippen molar-refractivity contribution < 1.29 is 14.3 Å². The molecule has 0 N–H and O–H groups in total. The number of aromatic nitrogens is 3. The molecule has 0 aliphatic carbocycles. The Balaban J connectivity index is 1.60. The zero-order valence-corrected chi connectivity index (χ0v) is 15.5. The predicted octanol–water partition coefficient (Wildman–Crippen LogP) is 1.14. The molecule has 0 radical (unpaired) electrons. The van der Waals surface area contributed by atoms with Crippen molar-refractivity contribution in [2.75, 3.05) is 40.3 Å². The summed E-state index contributed by atoms with van der Waals surface area (Å²) in [6.45, 7) is 4.97. The lowest BCUT2D eigenvalue weighted by atomic mass is 10.2. The van der Waals surface area contributed by atoms with Gasteiger partial charge in [-0.3, -0.25) is 4.79 Å². The summed E-state index contributed by atoms with van der Waals surface area (Å²) in [5.74, 6) is 1.37. The van der Waals surface area contributed by atoms with Crippen molar-refractivity contribution in [2.45, 2.75) is 19.6 Å². The minimum Gasteiger partial charge on any atom is -0.486 e. The molecule has 3 rings (SSSR count). The van der Waals surface area contributed by atoms with Crippen LogP contribution in [-0.2, 0) is 6.54 Å². The Morgan fingerprint density at radius 2 is 2.04 bits per heavy atom. The molecule has 8 heteroatoms. The highest BCUT2D eigenvalue weighted by atomic mass is 16.6. The van der Waals surface area contributed by atoms with Gasteiger partial charge >= 0.3 is 0 Å². The zero-order chi connectivity index (χ0) is 18.5. The normalized spacial score (nSPS) is 15.9. The number of carbonyl (C=O) groups excluding carboxylic acids is 1. The van der Waals surface area contributed by atoms with E-state index in [1.807, 2.05) is 50.2 Å². The minimum atomic E-state index is -0.175. The number of rotatable bonds is 7. The van der Waals surface area contributed by atoms with E-state index in [2.05, 4.69) is 10.3 Å². The molecule has 0 fully saturated rings. The third-order valence-electron chi connectivity index (χ3n) is 4.20. The summed E-state index contributed by atoms with van der Waals surface area (Å²) in [6, 6.07) is 7.57. The Hall–Kier alpha value is -2.61. The van der Waals surface area contributed by atoms with E-state index in [1.54, 1.807) is 15.8 Å². The Labute approximate surface area is 153 Å². The number of ether oxygens (including phenoxy) is 2. The number of benzene rings is 1. The van der Waals surface area contributed by atoms with Crippen molar-refractivity contribution in [1.82, 2.24) is 24.8 Å². The van der Waals surface area contributed by atoms with Gasteiger partial charge in [-0.1, -0.05) is 17.3 Å². The molecule has 1 amide bonds. The summed E-state index contributed by atoms with van der Waals surface area (Å²) in [5, 5.41) is 8.11. The highest BCUT2D eigenvalue weighted by Gasteiger charge is 2.23. The van der Waals surface area contributed by atoms with Gasteiger partial charge in [-0.15, -0.1) is 5.10 Å². The van der Waals surface area contributed by atoms with Gasteiger partial charge in [-0.05, 0) is 33.2 Å². The van der Waals surface area contributed by atoms with Crippen LogP contribution < -0.4 is 9.47 Å². The first kappa shape index (κ1) is 18.2. The standard InChI is InChI=1S/C18H25N5O3/c1-4-22(10-9-21(2)3)18(24)15-12-23(20-19-15)11-14-13-25-16-7-5-6-8-17(16)26-14/h5-8,12,14H,4,9-11,13H2,1-3H3/t14-/m1/s1. The van der Waals surface area contributed by atoms with Crippen molar-refractivity contribution in [3.05, 3.63) is 36.2 Å². The number of hydrogen-bond acceptors (Lipinski definition) is 6. The SMILES string of the molecule is CCN(CCN(C)C)C(=O)c1cn(C[C@@H]2COc3ccccc3O2)nn1. The highest BCUT2D eigenvalue weighted by Crippen LogP contribution is 2.31. The van der Waals surface area contributed by atoms with Crippen LogP contribution in [0, 0.1) is 0 Å². The molecule has 1 aliphatic heterocycles. The minimum absolute atomic E-state index is 0.105. The molecular formula is C18H25N5O3. The van der Waals surface area contributed by atoms with Crippen LogP contribution in [0.5, 0.6) is 11.5 Å². The van der Waals surface area contributed by atoms with Gasteiger partial charge in [0.15, 0.2) is 23.3 Å². The number of para-hydroxylation sites is 2. The number of likely N-dealkylation sites (N-methyl/N-ethyl adjacent to an activating group) is 2. The molecule has 1 aromatic heterocycles. The van der Waals surface area contributed by atoms with E-state index < -0.39 is 0 Å². The number of amides is 1. The lowest BCUT2D eigenvalue weighted by Crippen LogP contribution is -2.36.